The van der Waals surface area contributed by atoms with Gasteiger partial charge in [0.25, 0.3) is 0 Å². The van der Waals surface area contributed by atoms with Gasteiger partial charge in [-0.1, -0.05) is 0 Å². The van der Waals surface area contributed by atoms with Gasteiger partial charge in [0.05, 0.1) is 11.4 Å². The van der Waals surface area contributed by atoms with Gasteiger partial charge >= 0.3 is 0 Å². The molecule has 1 aromatic carbocycles. The molecule has 1 aliphatic rings. The Morgan fingerprint density at radius 2 is 1.92 bits per heavy atom. The Balaban J connectivity index is 2.62. The number of fused-ring (bicyclic) bond motifs is 1. The van der Waals surface area contributed by atoms with Crippen molar-refractivity contribution < 1.29 is 5.06 Å². The zero-order chi connectivity index (χ0) is 8.72. The Morgan fingerprint density at radius 1 is 1.25 bits per heavy atom. The summed E-state index contributed by atoms with van der Waals surface area (Å²) < 4.78 is 0. The first-order valence-electron chi connectivity index (χ1n) is 3.46. The van der Waals surface area contributed by atoms with Crippen molar-refractivity contribution >= 4 is 29.1 Å². The number of hydrogen-bond donors (Lipinski definition) is 3. The predicted molar refractivity (Wildman–Crippen MR) is 47.4 cm³/mol. The first kappa shape index (κ1) is 7.08. The number of nitrogens with two attached hydrogens (primary N) is 2. The maximum Gasteiger partial charge on any atom is 0.194 e. The van der Waals surface area contributed by atoms with E-state index in [4.69, 9.17) is 11.5 Å². The maximum absolute atomic E-state index is 11.1. The van der Waals surface area contributed by atoms with Gasteiger partial charge in [-0.15, -0.1) is 0 Å². The smallest absolute Gasteiger partial charge is 0.194 e. The minimum Gasteiger partial charge on any atom is -0.623 e. The molecule has 5 heteroatoms. The lowest BCUT2D eigenvalue weighted by Gasteiger charge is -2.12. The number of anilines is 2. The monoisotopic (exact) mass is 164 g/mol. The van der Waals surface area contributed by atoms with Gasteiger partial charge in [-0.25, -0.2) is 0 Å². The van der Waals surface area contributed by atoms with Gasteiger partial charge in [-0.3, -0.25) is 5.06 Å². The summed E-state index contributed by atoms with van der Waals surface area (Å²) in [7, 11) is 0. The SMILES string of the molecule is Nc1cc2c(cc1N)[NH+]([O-])C=N2. The highest BCUT2D eigenvalue weighted by Gasteiger charge is 2.16. The zero-order valence-electron chi connectivity index (χ0n) is 6.24. The lowest BCUT2D eigenvalue weighted by atomic mass is 10.2. The molecule has 62 valence electrons. The van der Waals surface area contributed by atoms with Crippen molar-refractivity contribution in [1.82, 2.24) is 0 Å². The largest absolute Gasteiger partial charge is 0.623 e. The van der Waals surface area contributed by atoms with Gasteiger partial charge in [0.15, 0.2) is 12.0 Å². The lowest BCUT2D eigenvalue weighted by Crippen LogP contribution is -2.99. The molecule has 2 rings (SSSR count). The van der Waals surface area contributed by atoms with Gasteiger partial charge < -0.3 is 16.7 Å². The number of benzene rings is 1. The first-order chi connectivity index (χ1) is 5.68. The van der Waals surface area contributed by atoms with Crippen molar-refractivity contribution in [2.75, 3.05) is 11.5 Å². The Hall–Kier alpha value is -1.59. The average Bonchev–Trinajstić information content (AvgIpc) is 2.35. The van der Waals surface area contributed by atoms with Crippen LogP contribution in [0, 0.1) is 5.21 Å². The second-order valence-electron chi connectivity index (χ2n) is 2.62. The maximum atomic E-state index is 11.1. The van der Waals surface area contributed by atoms with E-state index in [1.807, 2.05) is 0 Å². The summed E-state index contributed by atoms with van der Waals surface area (Å²) in [6.07, 6.45) is 1.27. The standard InChI is InChI=1S/C7H8N4O/c8-4-1-6-7(2-5(4)9)11(12)3-10-6/h1-3,11H,8-9H2. The number of nitrogens with one attached hydrogen (secondary N) is 1. The third kappa shape index (κ3) is 0.843. The summed E-state index contributed by atoms with van der Waals surface area (Å²) in [4.78, 5) is 3.87. The number of nitrogens with zero attached hydrogens (tertiary/aromatic N) is 1. The molecule has 0 bridgehead atoms. The van der Waals surface area contributed by atoms with Crippen LogP contribution in [0.2, 0.25) is 0 Å². The molecule has 1 unspecified atom stereocenters. The van der Waals surface area contributed by atoms with E-state index in [9.17, 15) is 5.21 Å². The van der Waals surface area contributed by atoms with Crippen molar-refractivity contribution in [3.05, 3.63) is 17.3 Å². The average molecular weight is 164 g/mol. The van der Waals surface area contributed by atoms with E-state index in [0.29, 0.717) is 22.7 Å². The molecule has 12 heavy (non-hydrogen) atoms. The molecule has 1 heterocycles. The zero-order valence-corrected chi connectivity index (χ0v) is 6.24. The summed E-state index contributed by atoms with van der Waals surface area (Å²) in [5.74, 6) is 0. The van der Waals surface area contributed by atoms with Crippen molar-refractivity contribution in [1.29, 1.82) is 0 Å². The molecule has 1 atom stereocenters. The topological polar surface area (TPSA) is 91.9 Å². The molecule has 5 nitrogen and oxygen atoms in total. The Labute approximate surface area is 68.9 Å². The van der Waals surface area contributed by atoms with E-state index in [2.05, 4.69) is 4.99 Å². The number of quaternary nitrogens is 1. The van der Waals surface area contributed by atoms with Crippen LogP contribution in [0.25, 0.3) is 0 Å². The van der Waals surface area contributed by atoms with E-state index in [1.54, 1.807) is 12.1 Å². The van der Waals surface area contributed by atoms with Gasteiger partial charge in [0.1, 0.15) is 5.69 Å². The highest BCUT2D eigenvalue weighted by atomic mass is 16.5. The van der Waals surface area contributed by atoms with Crippen LogP contribution in [0.15, 0.2) is 17.1 Å². The summed E-state index contributed by atoms with van der Waals surface area (Å²) in [6.45, 7) is 0. The van der Waals surface area contributed by atoms with Crippen LogP contribution in [-0.4, -0.2) is 6.34 Å². The molecular formula is C7H8N4O. The highest BCUT2D eigenvalue weighted by Crippen LogP contribution is 2.30. The highest BCUT2D eigenvalue weighted by molar-refractivity contribution is 5.81. The number of aliphatic imine (C=N–C) groups is 1. The van der Waals surface area contributed by atoms with Crippen LogP contribution in [0.5, 0.6) is 0 Å². The van der Waals surface area contributed by atoms with Gasteiger partial charge in [-0.2, -0.15) is 4.99 Å². The molecule has 0 aromatic heterocycles. The van der Waals surface area contributed by atoms with E-state index in [1.165, 1.54) is 6.34 Å². The molecular weight excluding hydrogens is 156 g/mol. The second-order valence-corrected chi connectivity index (χ2v) is 2.62. The van der Waals surface area contributed by atoms with Crippen LogP contribution in [0.3, 0.4) is 0 Å². The van der Waals surface area contributed by atoms with Crippen LogP contribution >= 0.6 is 0 Å². The van der Waals surface area contributed by atoms with Crippen LogP contribution in [0.4, 0.5) is 22.7 Å². The molecule has 5 N–H and O–H groups in total. The summed E-state index contributed by atoms with van der Waals surface area (Å²) >= 11 is 0. The quantitative estimate of drug-likeness (QED) is 0.358. The fourth-order valence-corrected chi connectivity index (χ4v) is 1.12. The third-order valence-corrected chi connectivity index (χ3v) is 1.79. The number of rotatable bonds is 0. The molecule has 0 saturated carbocycles. The molecule has 0 amide bonds. The Bertz CT molecular complexity index is 361. The Morgan fingerprint density at radius 3 is 2.67 bits per heavy atom. The predicted octanol–water partition coefficient (Wildman–Crippen LogP) is -0.461. The fraction of sp³-hybridized carbons (Fsp3) is 0. The fourth-order valence-electron chi connectivity index (χ4n) is 1.12. The second kappa shape index (κ2) is 2.20. The summed E-state index contributed by atoms with van der Waals surface area (Å²) in [5, 5.41) is 11.0. The summed E-state index contributed by atoms with van der Waals surface area (Å²) in [5.41, 5.74) is 13.1. The van der Waals surface area contributed by atoms with Crippen molar-refractivity contribution in [2.24, 2.45) is 4.99 Å². The van der Waals surface area contributed by atoms with Crippen molar-refractivity contribution in [3.63, 3.8) is 0 Å². The van der Waals surface area contributed by atoms with E-state index >= 15 is 0 Å². The molecule has 0 saturated heterocycles. The van der Waals surface area contributed by atoms with Crippen molar-refractivity contribution in [3.8, 4) is 0 Å². The van der Waals surface area contributed by atoms with Gasteiger partial charge in [0.2, 0.25) is 0 Å². The normalized spacial score (nSPS) is 19.6. The molecule has 0 fully saturated rings. The molecule has 0 aliphatic carbocycles. The van der Waals surface area contributed by atoms with Crippen molar-refractivity contribution in [2.45, 2.75) is 0 Å². The van der Waals surface area contributed by atoms with E-state index in [-0.39, 0.29) is 5.06 Å². The van der Waals surface area contributed by atoms with Crippen LogP contribution in [0.1, 0.15) is 0 Å². The number of nitrogen functional groups attached to an aromatic ring is 2. The lowest BCUT2D eigenvalue weighted by molar-refractivity contribution is -0.655. The van der Waals surface area contributed by atoms with Crippen LogP contribution < -0.4 is 16.5 Å². The molecule has 0 spiro atoms. The Kier molecular flexibility index (Phi) is 1.30. The minimum absolute atomic E-state index is 0.114. The molecule has 1 aliphatic heterocycles. The summed E-state index contributed by atoms with van der Waals surface area (Å²) in [6, 6.07) is 3.16. The third-order valence-electron chi connectivity index (χ3n) is 1.79. The van der Waals surface area contributed by atoms with Gasteiger partial charge in [0, 0.05) is 6.07 Å². The molecule has 0 radical (unpaired) electrons. The minimum atomic E-state index is -0.114. The van der Waals surface area contributed by atoms with Crippen LogP contribution in [-0.2, 0) is 0 Å². The molecule has 1 aromatic rings. The number of hydroxylamine groups is 1. The van der Waals surface area contributed by atoms with Gasteiger partial charge in [-0.05, 0) is 6.07 Å². The van der Waals surface area contributed by atoms with E-state index < -0.39 is 0 Å². The first-order valence-corrected chi connectivity index (χ1v) is 3.46. The van der Waals surface area contributed by atoms with E-state index in [0.717, 1.165) is 0 Å². The number of hydrogen-bond acceptors (Lipinski definition) is 4.